The number of pyridine rings is 1. The number of hydrogen-bond donors (Lipinski definition) is 1. The van der Waals surface area contributed by atoms with Gasteiger partial charge in [0, 0.05) is 23.0 Å². The predicted octanol–water partition coefficient (Wildman–Crippen LogP) is 6.60. The second-order valence-corrected chi connectivity index (χ2v) is 10.7. The van der Waals surface area contributed by atoms with Crippen LogP contribution in [0.15, 0.2) is 79.1 Å². The van der Waals surface area contributed by atoms with E-state index in [9.17, 15) is 9.90 Å². The van der Waals surface area contributed by atoms with Crippen LogP contribution in [0.25, 0.3) is 0 Å². The molecule has 0 fully saturated rings. The Hall–Kier alpha value is -3.94. The first kappa shape index (κ1) is 27.6. The number of benzene rings is 3. The van der Waals surface area contributed by atoms with Crippen LogP contribution in [0.2, 0.25) is 5.02 Å². The van der Waals surface area contributed by atoms with Crippen molar-refractivity contribution < 1.29 is 23.8 Å². The zero-order valence-corrected chi connectivity index (χ0v) is 23.4. The van der Waals surface area contributed by atoms with Crippen molar-refractivity contribution in [2.24, 2.45) is 0 Å². The Morgan fingerprint density at radius 2 is 1.82 bits per heavy atom. The van der Waals surface area contributed by atoms with Crippen molar-refractivity contribution in [1.82, 2.24) is 4.98 Å². The highest BCUT2D eigenvalue weighted by atomic mass is 35.5. The molecular weight excluding hydrogens is 531 g/mol. The Morgan fingerprint density at radius 1 is 1.07 bits per heavy atom. The lowest BCUT2D eigenvalue weighted by molar-refractivity contribution is -0.118. The first-order valence-corrected chi connectivity index (χ1v) is 13.4. The highest BCUT2D eigenvalue weighted by Gasteiger charge is 2.38. The fourth-order valence-electron chi connectivity index (χ4n) is 5.13. The maximum atomic E-state index is 16.0. The molecule has 2 heterocycles. The van der Waals surface area contributed by atoms with Crippen molar-refractivity contribution >= 4 is 23.2 Å². The number of carbonyl (C=O) groups excluding carboxylic acids is 1. The molecule has 0 spiro atoms. The normalized spacial score (nSPS) is 16.4. The number of aliphatic hydroxyl groups is 1. The second-order valence-electron chi connectivity index (χ2n) is 10.2. The minimum absolute atomic E-state index is 0.0479. The smallest absolute Gasteiger partial charge is 0.232 e. The Kier molecular flexibility index (Phi) is 7.53. The summed E-state index contributed by atoms with van der Waals surface area (Å²) in [6, 6.07) is 18.0. The van der Waals surface area contributed by atoms with Gasteiger partial charge in [0.05, 0.1) is 31.4 Å². The largest absolute Gasteiger partial charge is 0.493 e. The van der Waals surface area contributed by atoms with Crippen LogP contribution in [0.3, 0.4) is 0 Å². The van der Waals surface area contributed by atoms with Crippen molar-refractivity contribution in [3.05, 3.63) is 118 Å². The van der Waals surface area contributed by atoms with Gasteiger partial charge < -0.3 is 14.6 Å². The van der Waals surface area contributed by atoms with Crippen molar-refractivity contribution in [3.8, 4) is 11.5 Å². The average Bonchev–Trinajstić information content (AvgIpc) is 2.93. The summed E-state index contributed by atoms with van der Waals surface area (Å²) in [5.41, 5.74) is 1.80. The van der Waals surface area contributed by atoms with Crippen LogP contribution in [0.5, 0.6) is 11.5 Å². The monoisotopic (exact) mass is 560 g/mol. The summed E-state index contributed by atoms with van der Waals surface area (Å²) in [5.74, 6) is 0.145. The number of carbonyl (C=O) groups is 1. The minimum atomic E-state index is -1.48. The lowest BCUT2D eigenvalue weighted by atomic mass is 9.86. The van der Waals surface area contributed by atoms with Crippen LogP contribution in [0, 0.1) is 5.82 Å². The summed E-state index contributed by atoms with van der Waals surface area (Å²) in [5, 5.41) is 11.8. The van der Waals surface area contributed by atoms with E-state index in [2.05, 4.69) is 4.98 Å². The minimum Gasteiger partial charge on any atom is -0.493 e. The summed E-state index contributed by atoms with van der Waals surface area (Å²) < 4.78 is 27.6. The first-order valence-electron chi connectivity index (χ1n) is 13.0. The molecule has 0 saturated heterocycles. The SMILES string of the molecule is COc1cc2c(cc1OC(C)C)[C@H](c1ccc(Cl)cc1)N(c1ccc(C(C)(O)c3cccnc3)cc1F)C(=O)C2. The molecule has 4 aromatic rings. The molecule has 0 bridgehead atoms. The van der Waals surface area contributed by atoms with Crippen LogP contribution in [-0.4, -0.2) is 29.2 Å². The molecule has 6 nitrogen and oxygen atoms in total. The van der Waals surface area contributed by atoms with Gasteiger partial charge in [0.25, 0.3) is 0 Å². The first-order chi connectivity index (χ1) is 19.1. The van der Waals surface area contributed by atoms with E-state index in [1.54, 1.807) is 56.8 Å². The van der Waals surface area contributed by atoms with E-state index in [1.165, 1.54) is 17.0 Å². The van der Waals surface area contributed by atoms with E-state index < -0.39 is 17.5 Å². The zero-order valence-electron chi connectivity index (χ0n) is 22.7. The number of fused-ring (bicyclic) bond motifs is 1. The third kappa shape index (κ3) is 5.15. The van der Waals surface area contributed by atoms with Crippen molar-refractivity contribution in [2.45, 2.75) is 44.9 Å². The molecule has 206 valence electrons. The van der Waals surface area contributed by atoms with Crippen LogP contribution in [-0.2, 0) is 16.8 Å². The summed E-state index contributed by atoms with van der Waals surface area (Å²) in [6.45, 7) is 5.42. The van der Waals surface area contributed by atoms with Crippen LogP contribution >= 0.6 is 11.6 Å². The molecule has 3 aromatic carbocycles. The molecule has 0 aliphatic carbocycles. The van der Waals surface area contributed by atoms with Gasteiger partial charge in [0.1, 0.15) is 11.4 Å². The molecule has 1 aliphatic rings. The van der Waals surface area contributed by atoms with Gasteiger partial charge in [0.2, 0.25) is 5.91 Å². The molecule has 1 aromatic heterocycles. The maximum absolute atomic E-state index is 16.0. The summed E-state index contributed by atoms with van der Waals surface area (Å²) in [7, 11) is 1.56. The lowest BCUT2D eigenvalue weighted by Gasteiger charge is -2.38. The number of ether oxygens (including phenoxy) is 2. The summed E-state index contributed by atoms with van der Waals surface area (Å²) in [4.78, 5) is 19.3. The topological polar surface area (TPSA) is 71.9 Å². The summed E-state index contributed by atoms with van der Waals surface area (Å²) in [6.07, 6.45) is 3.08. The zero-order chi connectivity index (χ0) is 28.6. The van der Waals surface area contributed by atoms with E-state index in [0.29, 0.717) is 27.6 Å². The molecule has 0 radical (unpaired) electrons. The van der Waals surface area contributed by atoms with Gasteiger partial charge in [-0.3, -0.25) is 14.7 Å². The van der Waals surface area contributed by atoms with Gasteiger partial charge in [-0.25, -0.2) is 4.39 Å². The molecule has 1 unspecified atom stereocenters. The van der Waals surface area contributed by atoms with Gasteiger partial charge in [0.15, 0.2) is 11.5 Å². The highest BCUT2D eigenvalue weighted by molar-refractivity contribution is 6.30. The molecule has 0 saturated carbocycles. The maximum Gasteiger partial charge on any atom is 0.232 e. The number of methoxy groups -OCH3 is 1. The van der Waals surface area contributed by atoms with Gasteiger partial charge in [-0.2, -0.15) is 0 Å². The van der Waals surface area contributed by atoms with Gasteiger partial charge >= 0.3 is 0 Å². The number of rotatable bonds is 7. The molecule has 1 aliphatic heterocycles. The van der Waals surface area contributed by atoms with Crippen LogP contribution in [0.4, 0.5) is 10.1 Å². The number of amides is 1. The highest BCUT2D eigenvalue weighted by Crippen LogP contribution is 2.45. The molecule has 5 rings (SSSR count). The molecule has 40 heavy (non-hydrogen) atoms. The number of halogens is 2. The molecule has 1 N–H and O–H groups in total. The van der Waals surface area contributed by atoms with Gasteiger partial charge in [-0.15, -0.1) is 0 Å². The third-order valence-corrected chi connectivity index (χ3v) is 7.38. The Bertz CT molecular complexity index is 1540. The van der Waals surface area contributed by atoms with Crippen molar-refractivity contribution in [3.63, 3.8) is 0 Å². The molecule has 1 amide bonds. The molecular formula is C32H30ClFN2O4. The number of nitrogens with zero attached hydrogens (tertiary/aromatic N) is 2. The fraction of sp³-hybridized carbons (Fsp3) is 0.250. The van der Waals surface area contributed by atoms with E-state index in [1.807, 2.05) is 38.1 Å². The Balaban J connectivity index is 1.65. The van der Waals surface area contributed by atoms with Crippen molar-refractivity contribution in [2.75, 3.05) is 12.0 Å². The lowest BCUT2D eigenvalue weighted by Crippen LogP contribution is -2.41. The molecule has 8 heteroatoms. The quantitative estimate of drug-likeness (QED) is 0.275. The molecule has 2 atom stereocenters. The van der Waals surface area contributed by atoms with Crippen LogP contribution in [0.1, 0.15) is 54.6 Å². The van der Waals surface area contributed by atoms with Crippen LogP contribution < -0.4 is 14.4 Å². The number of hydrogen-bond acceptors (Lipinski definition) is 5. The Morgan fingerprint density at radius 3 is 2.45 bits per heavy atom. The van der Waals surface area contributed by atoms with E-state index in [-0.39, 0.29) is 24.1 Å². The average molecular weight is 561 g/mol. The number of anilines is 1. The van der Waals surface area contributed by atoms with Gasteiger partial charge in [-0.1, -0.05) is 35.9 Å². The standard InChI is InChI=1S/C32H30ClFN2O4/c1-19(2)40-29-17-25-21(14-28(29)39-4)15-30(37)36(31(25)20-7-10-24(33)11-8-20)27-12-9-22(16-26(27)34)32(3,38)23-6-5-13-35-18-23/h5-14,16-19,31,38H,15H2,1-4H3/t31-,32?/m0/s1. The van der Waals surface area contributed by atoms with Gasteiger partial charge in [-0.05, 0) is 85.5 Å². The third-order valence-electron chi connectivity index (χ3n) is 7.13. The Labute approximate surface area is 238 Å². The predicted molar refractivity (Wildman–Crippen MR) is 153 cm³/mol. The van der Waals surface area contributed by atoms with E-state index in [4.69, 9.17) is 21.1 Å². The van der Waals surface area contributed by atoms with E-state index >= 15 is 4.39 Å². The number of aromatic nitrogens is 1. The van der Waals surface area contributed by atoms with E-state index in [0.717, 1.165) is 16.7 Å². The fourth-order valence-corrected chi connectivity index (χ4v) is 5.26. The van der Waals surface area contributed by atoms with Crippen molar-refractivity contribution in [1.29, 1.82) is 0 Å². The summed E-state index contributed by atoms with van der Waals surface area (Å²) >= 11 is 6.19. The second kappa shape index (κ2) is 10.9.